The predicted molar refractivity (Wildman–Crippen MR) is 162 cm³/mol. The third-order valence-electron chi connectivity index (χ3n) is 6.76. The molecular weight excluding hydrogens is 584 g/mol. The molecule has 1 heterocycles. The van der Waals surface area contributed by atoms with Crippen molar-refractivity contribution in [3.05, 3.63) is 70.7 Å². The third-order valence-corrected chi connectivity index (χ3v) is 7.61. The van der Waals surface area contributed by atoms with Crippen molar-refractivity contribution in [3.8, 4) is 11.5 Å². The first-order valence-electron chi connectivity index (χ1n) is 14.8. The minimum atomic E-state index is -0.182. The average molecular weight is 632 g/mol. The molecule has 0 saturated heterocycles. The number of halogens is 1. The highest BCUT2D eigenvalue weighted by molar-refractivity contribution is 7.09. The van der Waals surface area contributed by atoms with Gasteiger partial charge in [-0.1, -0.05) is 101 Å². The number of hydrogen-bond acceptors (Lipinski definition) is 4. The number of ether oxygens (including phenoxy) is 2. The molecule has 0 atom stereocenters. The molecule has 3 rings (SSSR count). The summed E-state index contributed by atoms with van der Waals surface area (Å²) < 4.78 is 13.7. The van der Waals surface area contributed by atoms with Crippen molar-refractivity contribution < 1.29 is 35.8 Å². The Kier molecular flexibility index (Phi) is 17.3. The fraction of sp³-hybridized carbons (Fsp3) is 0.515. The zero-order valence-corrected chi connectivity index (χ0v) is 26.7. The van der Waals surface area contributed by atoms with Crippen molar-refractivity contribution >= 4 is 22.9 Å². The van der Waals surface area contributed by atoms with Crippen molar-refractivity contribution in [3.63, 3.8) is 0 Å². The second-order valence-corrected chi connectivity index (χ2v) is 11.5. The highest BCUT2D eigenvalue weighted by Gasteiger charge is 2.08. The summed E-state index contributed by atoms with van der Waals surface area (Å²) in [6.07, 6.45) is 18.2. The monoisotopic (exact) mass is 630 g/mol. The first kappa shape index (κ1) is 33.8. The lowest BCUT2D eigenvalue weighted by molar-refractivity contribution is -0.683. The van der Waals surface area contributed by atoms with E-state index >= 15 is 0 Å². The molecule has 0 saturated carbocycles. The van der Waals surface area contributed by atoms with E-state index in [-0.39, 0.29) is 29.5 Å². The van der Waals surface area contributed by atoms with Crippen LogP contribution in [0.15, 0.2) is 60.2 Å². The van der Waals surface area contributed by atoms with Crippen LogP contribution >= 0.6 is 11.3 Å². The minimum Gasteiger partial charge on any atom is -1.00 e. The molecule has 1 aromatic heterocycles. The van der Waals surface area contributed by atoms with Gasteiger partial charge in [-0.15, -0.1) is 0 Å². The zero-order chi connectivity index (χ0) is 27.5. The van der Waals surface area contributed by atoms with Crippen LogP contribution in [0.2, 0.25) is 0 Å². The highest BCUT2D eigenvalue weighted by atomic mass is 79.9. The number of benzene rings is 2. The molecule has 3 aromatic rings. The molecule has 7 heteroatoms. The number of thiazole rings is 1. The molecule has 2 aromatic carbocycles. The second kappa shape index (κ2) is 20.5. The Labute approximate surface area is 256 Å². The Morgan fingerprint density at radius 2 is 1.43 bits per heavy atom. The van der Waals surface area contributed by atoms with Gasteiger partial charge in [-0.2, -0.15) is 4.57 Å². The number of anilines is 1. The highest BCUT2D eigenvalue weighted by Crippen LogP contribution is 2.19. The lowest BCUT2D eigenvalue weighted by atomic mass is 10.1. The number of aryl methyl sites for hydroxylation is 1. The average Bonchev–Trinajstić information content (AvgIpc) is 3.35. The van der Waals surface area contributed by atoms with Gasteiger partial charge in [-0.3, -0.25) is 4.79 Å². The smallest absolute Gasteiger partial charge is 0.262 e. The van der Waals surface area contributed by atoms with Crippen LogP contribution in [0.4, 0.5) is 5.69 Å². The minimum absolute atomic E-state index is 0. The van der Waals surface area contributed by atoms with E-state index in [9.17, 15) is 4.79 Å². The Morgan fingerprint density at radius 1 is 0.825 bits per heavy atom. The van der Waals surface area contributed by atoms with E-state index in [1.807, 2.05) is 42.5 Å². The van der Waals surface area contributed by atoms with Gasteiger partial charge in [0.25, 0.3) is 5.91 Å². The molecule has 0 spiro atoms. The zero-order valence-electron chi connectivity index (χ0n) is 24.3. The maximum atomic E-state index is 12.4. The summed E-state index contributed by atoms with van der Waals surface area (Å²) in [5, 5.41) is 2.93. The van der Waals surface area contributed by atoms with Gasteiger partial charge in [0.15, 0.2) is 19.3 Å². The Balaban J connectivity index is 0.00000560. The molecule has 0 aliphatic carbocycles. The van der Waals surface area contributed by atoms with E-state index in [0.29, 0.717) is 5.75 Å². The van der Waals surface area contributed by atoms with Gasteiger partial charge in [0, 0.05) is 11.3 Å². The number of amides is 1. The summed E-state index contributed by atoms with van der Waals surface area (Å²) in [4.78, 5) is 13.7. The van der Waals surface area contributed by atoms with Crippen LogP contribution in [-0.4, -0.2) is 19.1 Å². The molecule has 5 nitrogen and oxygen atoms in total. The van der Waals surface area contributed by atoms with Crippen LogP contribution in [0.5, 0.6) is 11.5 Å². The largest absolute Gasteiger partial charge is 1.00 e. The summed E-state index contributed by atoms with van der Waals surface area (Å²) in [6.45, 7) is 5.85. The van der Waals surface area contributed by atoms with E-state index in [0.717, 1.165) is 36.6 Å². The van der Waals surface area contributed by atoms with Gasteiger partial charge in [0.2, 0.25) is 5.51 Å². The summed E-state index contributed by atoms with van der Waals surface area (Å²) in [5.74, 6) is 1.31. The molecule has 0 aliphatic heterocycles. The molecule has 0 unspecified atom stereocenters. The van der Waals surface area contributed by atoms with E-state index in [4.69, 9.17) is 9.47 Å². The molecule has 40 heavy (non-hydrogen) atoms. The summed E-state index contributed by atoms with van der Waals surface area (Å²) in [7, 11) is 0. The molecule has 0 aliphatic rings. The standard InChI is InChI=1S/C33H46N2O3S.BrH/c1-3-4-5-6-7-8-9-10-11-12-13-14-22-37-31-18-20-32(21-19-31)38-26-33(36)34-30-17-15-16-29(23-30)25-35-24-28(2)39-27-35;/h15-21,23-24,27H,3-14,22,25-26H2,1-2H3;1H. The van der Waals surface area contributed by atoms with Crippen molar-refractivity contribution in [2.45, 2.75) is 97.4 Å². The summed E-state index contributed by atoms with van der Waals surface area (Å²) in [5.41, 5.74) is 4.01. The Hall–Kier alpha value is -2.38. The normalized spacial score (nSPS) is 10.7. The lowest BCUT2D eigenvalue weighted by Crippen LogP contribution is -3.00. The molecule has 0 bridgehead atoms. The van der Waals surface area contributed by atoms with Gasteiger partial charge >= 0.3 is 0 Å². The lowest BCUT2D eigenvalue weighted by Gasteiger charge is -2.10. The topological polar surface area (TPSA) is 51.4 Å². The molecule has 220 valence electrons. The molecule has 1 N–H and O–H groups in total. The van der Waals surface area contributed by atoms with Gasteiger partial charge in [0.05, 0.1) is 11.5 Å². The summed E-state index contributed by atoms with van der Waals surface area (Å²) in [6, 6.07) is 15.4. The Bertz CT molecular complexity index is 1090. The van der Waals surface area contributed by atoms with Crippen LogP contribution in [0, 0.1) is 6.92 Å². The second-order valence-electron chi connectivity index (χ2n) is 10.4. The number of aromatic nitrogens is 1. The molecule has 1 amide bonds. The fourth-order valence-corrected chi connectivity index (χ4v) is 5.23. The van der Waals surface area contributed by atoms with Crippen LogP contribution in [0.25, 0.3) is 0 Å². The van der Waals surface area contributed by atoms with Crippen LogP contribution in [0.1, 0.15) is 94.4 Å². The van der Waals surface area contributed by atoms with Crippen molar-refractivity contribution in [2.24, 2.45) is 0 Å². The van der Waals surface area contributed by atoms with Crippen LogP contribution in [0.3, 0.4) is 0 Å². The number of carbonyl (C=O) groups is 1. The van der Waals surface area contributed by atoms with E-state index in [1.54, 1.807) is 11.3 Å². The number of rotatable bonds is 20. The van der Waals surface area contributed by atoms with Crippen LogP contribution in [-0.2, 0) is 11.3 Å². The van der Waals surface area contributed by atoms with Gasteiger partial charge < -0.3 is 31.8 Å². The van der Waals surface area contributed by atoms with Gasteiger partial charge in [0.1, 0.15) is 11.5 Å². The van der Waals surface area contributed by atoms with Gasteiger partial charge in [-0.25, -0.2) is 0 Å². The number of hydrogen-bond donors (Lipinski definition) is 1. The number of nitrogens with zero attached hydrogens (tertiary/aromatic N) is 1. The van der Waals surface area contributed by atoms with E-state index in [2.05, 4.69) is 41.5 Å². The Morgan fingerprint density at radius 3 is 2.02 bits per heavy atom. The fourth-order valence-electron chi connectivity index (χ4n) is 4.60. The van der Waals surface area contributed by atoms with E-state index in [1.165, 1.54) is 75.5 Å². The van der Waals surface area contributed by atoms with Crippen molar-refractivity contribution in [1.82, 2.24) is 0 Å². The predicted octanol–water partition coefficient (Wildman–Crippen LogP) is 5.49. The number of nitrogens with one attached hydrogen (secondary N) is 1. The number of unbranched alkanes of at least 4 members (excludes halogenated alkanes) is 11. The third kappa shape index (κ3) is 14.3. The molecule has 0 radical (unpaired) electrons. The first-order valence-corrected chi connectivity index (χ1v) is 15.7. The number of carbonyl (C=O) groups excluding carboxylic acids is 1. The van der Waals surface area contributed by atoms with Crippen molar-refractivity contribution in [1.29, 1.82) is 0 Å². The van der Waals surface area contributed by atoms with Gasteiger partial charge in [-0.05, 0) is 49.7 Å². The quantitative estimate of drug-likeness (QED) is 0.133. The maximum Gasteiger partial charge on any atom is 0.262 e. The molecule has 0 fully saturated rings. The summed E-state index contributed by atoms with van der Waals surface area (Å²) >= 11 is 1.72. The molecular formula is C33H47BrN2O3S. The van der Waals surface area contributed by atoms with E-state index < -0.39 is 0 Å². The van der Waals surface area contributed by atoms with Crippen LogP contribution < -0.4 is 36.3 Å². The van der Waals surface area contributed by atoms with Crippen molar-refractivity contribution in [2.75, 3.05) is 18.5 Å². The SMILES string of the molecule is CCCCCCCCCCCCCCOc1ccc(OCC(=O)Nc2cccc(C[n+]3csc(C)c3)c2)cc1.[Br-]. The maximum absolute atomic E-state index is 12.4. The first-order chi connectivity index (χ1) is 19.1.